The molecule has 0 atom stereocenters. The maximum absolute atomic E-state index is 13.7. The predicted octanol–water partition coefficient (Wildman–Crippen LogP) is 4.86. The van der Waals surface area contributed by atoms with Gasteiger partial charge in [-0.25, -0.2) is 8.42 Å². The van der Waals surface area contributed by atoms with E-state index in [1.165, 1.54) is 10.4 Å². The Balaban J connectivity index is 2.27. The maximum atomic E-state index is 13.7. The van der Waals surface area contributed by atoms with E-state index in [0.29, 0.717) is 30.8 Å². The van der Waals surface area contributed by atoms with E-state index in [0.717, 1.165) is 36.0 Å². The molecule has 0 radical (unpaired) electrons. The van der Waals surface area contributed by atoms with Gasteiger partial charge in [0.25, 0.3) is 0 Å². The second-order valence-corrected chi connectivity index (χ2v) is 10.3. The molecule has 0 aliphatic carbocycles. The highest BCUT2D eigenvalue weighted by Crippen LogP contribution is 2.47. The molecule has 0 aromatic heterocycles. The summed E-state index contributed by atoms with van der Waals surface area (Å²) >= 11 is 0. The van der Waals surface area contributed by atoms with Crippen LogP contribution in [0.4, 0.5) is 0 Å². The number of benzene rings is 2. The van der Waals surface area contributed by atoms with Crippen LogP contribution in [0.15, 0.2) is 35.7 Å². The lowest BCUT2D eigenvalue weighted by Gasteiger charge is -2.28. The third-order valence-corrected chi connectivity index (χ3v) is 7.85. The number of hydrogen-bond acceptors (Lipinski definition) is 5. The predicted molar refractivity (Wildman–Crippen MR) is 127 cm³/mol. The van der Waals surface area contributed by atoms with Crippen LogP contribution >= 0.6 is 0 Å². The van der Waals surface area contributed by atoms with Gasteiger partial charge in [0.1, 0.15) is 16.4 Å². The fraction of sp³-hybridized carbons (Fsp3) is 0.440. The lowest BCUT2D eigenvalue weighted by molar-refractivity contribution is 0.0729. The second-order valence-electron chi connectivity index (χ2n) is 8.41. The molecule has 0 bridgehead atoms. The summed E-state index contributed by atoms with van der Waals surface area (Å²) in [7, 11) is -3.98. The van der Waals surface area contributed by atoms with E-state index in [1.807, 2.05) is 32.0 Å². The quantitative estimate of drug-likeness (QED) is 0.551. The van der Waals surface area contributed by atoms with Gasteiger partial charge in [0.05, 0.1) is 18.8 Å². The summed E-state index contributed by atoms with van der Waals surface area (Å²) in [5, 5.41) is 22.4. The lowest BCUT2D eigenvalue weighted by Crippen LogP contribution is -2.41. The molecule has 32 heavy (non-hydrogen) atoms. The number of phenols is 2. The zero-order valence-electron chi connectivity index (χ0n) is 19.1. The molecule has 3 rings (SSSR count). The Morgan fingerprint density at radius 1 is 1.16 bits per heavy atom. The van der Waals surface area contributed by atoms with E-state index in [1.54, 1.807) is 0 Å². The first-order chi connectivity index (χ1) is 15.2. The summed E-state index contributed by atoms with van der Waals surface area (Å²) in [5.41, 5.74) is 3.54. The fourth-order valence-electron chi connectivity index (χ4n) is 4.15. The van der Waals surface area contributed by atoms with Crippen molar-refractivity contribution >= 4 is 15.6 Å². The van der Waals surface area contributed by atoms with Gasteiger partial charge in [0.15, 0.2) is 0 Å². The van der Waals surface area contributed by atoms with E-state index in [-0.39, 0.29) is 29.3 Å². The van der Waals surface area contributed by atoms with Crippen LogP contribution in [-0.4, -0.2) is 49.2 Å². The number of hydrogen-bond donors (Lipinski definition) is 2. The Bertz CT molecular complexity index is 1100. The zero-order valence-corrected chi connectivity index (χ0v) is 20.0. The minimum atomic E-state index is -3.98. The summed E-state index contributed by atoms with van der Waals surface area (Å²) in [6, 6.07) is 7.13. The van der Waals surface area contributed by atoms with Crippen LogP contribution in [0.25, 0.3) is 16.7 Å². The third-order valence-electron chi connectivity index (χ3n) is 5.83. The minimum absolute atomic E-state index is 0.113. The number of allylic oxidation sites excluding steroid dienone is 1. The zero-order chi connectivity index (χ0) is 23.5. The molecule has 6 nitrogen and oxygen atoms in total. The smallest absolute Gasteiger partial charge is 0.247 e. The summed E-state index contributed by atoms with van der Waals surface area (Å²) < 4.78 is 34.0. The fourth-order valence-corrected chi connectivity index (χ4v) is 5.87. The monoisotopic (exact) mass is 459 g/mol. The first-order valence-electron chi connectivity index (χ1n) is 11.1. The van der Waals surface area contributed by atoms with Crippen molar-refractivity contribution in [2.45, 2.75) is 51.3 Å². The Hall–Kier alpha value is -2.35. The molecule has 1 aliphatic rings. The third kappa shape index (κ3) is 4.85. The second kappa shape index (κ2) is 10.1. The van der Waals surface area contributed by atoms with E-state index >= 15 is 0 Å². The van der Waals surface area contributed by atoms with E-state index in [4.69, 9.17) is 4.74 Å². The molecule has 0 saturated carbocycles. The summed E-state index contributed by atoms with van der Waals surface area (Å²) in [5.74, 6) is -0.542. The van der Waals surface area contributed by atoms with Crippen LogP contribution in [-0.2, 0) is 21.2 Å². The minimum Gasteiger partial charge on any atom is -0.507 e. The number of phenolic OH excluding ortho intramolecular Hbond substituents is 2. The molecule has 1 heterocycles. The van der Waals surface area contributed by atoms with E-state index in [9.17, 15) is 18.6 Å². The number of aryl methyl sites for hydroxylation is 2. The van der Waals surface area contributed by atoms with Crippen LogP contribution in [0.2, 0.25) is 0 Å². The highest BCUT2D eigenvalue weighted by atomic mass is 32.2. The number of sulfonamides is 1. The van der Waals surface area contributed by atoms with Crippen molar-refractivity contribution in [1.29, 1.82) is 0 Å². The SMILES string of the molecule is C=C(C)c1ccc(C)cc1-c1c(O)cc(CCCCC)c(S(=O)(=O)N2CCOCC2)c1O. The van der Waals surface area contributed by atoms with Crippen molar-refractivity contribution in [3.63, 3.8) is 0 Å². The molecular formula is C25H33NO5S. The highest BCUT2D eigenvalue weighted by Gasteiger charge is 2.34. The van der Waals surface area contributed by atoms with Gasteiger partial charge >= 0.3 is 0 Å². The van der Waals surface area contributed by atoms with Gasteiger partial charge in [-0.1, -0.05) is 55.7 Å². The van der Waals surface area contributed by atoms with Crippen LogP contribution in [0.1, 0.15) is 49.8 Å². The van der Waals surface area contributed by atoms with E-state index in [2.05, 4.69) is 13.5 Å². The summed E-state index contributed by atoms with van der Waals surface area (Å²) in [6.07, 6.45) is 3.13. The number of aromatic hydroxyl groups is 2. The molecule has 0 spiro atoms. The van der Waals surface area contributed by atoms with E-state index < -0.39 is 15.8 Å². The van der Waals surface area contributed by atoms with Gasteiger partial charge in [-0.05, 0) is 49.4 Å². The van der Waals surface area contributed by atoms with Gasteiger partial charge in [0, 0.05) is 13.1 Å². The molecule has 2 aromatic carbocycles. The average Bonchev–Trinajstić information content (AvgIpc) is 2.74. The van der Waals surface area contributed by atoms with Gasteiger partial charge < -0.3 is 14.9 Å². The summed E-state index contributed by atoms with van der Waals surface area (Å²) in [4.78, 5) is -0.113. The Morgan fingerprint density at radius 3 is 2.47 bits per heavy atom. The number of unbranched alkanes of at least 4 members (excludes halogenated alkanes) is 2. The molecule has 0 unspecified atom stereocenters. The molecule has 2 aromatic rings. The largest absolute Gasteiger partial charge is 0.507 e. The highest BCUT2D eigenvalue weighted by molar-refractivity contribution is 7.89. The molecule has 0 amide bonds. The molecule has 2 N–H and O–H groups in total. The Morgan fingerprint density at radius 2 is 1.84 bits per heavy atom. The first-order valence-corrected chi connectivity index (χ1v) is 12.5. The van der Waals surface area contributed by atoms with Crippen molar-refractivity contribution < 1.29 is 23.4 Å². The number of nitrogens with zero attached hydrogens (tertiary/aromatic N) is 1. The Labute approximate surface area is 191 Å². The van der Waals surface area contributed by atoms with Crippen LogP contribution in [0.5, 0.6) is 11.5 Å². The van der Waals surface area contributed by atoms with Crippen LogP contribution < -0.4 is 0 Å². The summed E-state index contributed by atoms with van der Waals surface area (Å²) in [6.45, 7) is 10.9. The van der Waals surface area contributed by atoms with Crippen molar-refractivity contribution in [1.82, 2.24) is 4.31 Å². The molecule has 1 fully saturated rings. The van der Waals surface area contributed by atoms with Crippen molar-refractivity contribution in [3.8, 4) is 22.6 Å². The molecule has 1 aliphatic heterocycles. The molecular weight excluding hydrogens is 426 g/mol. The first kappa shape index (κ1) is 24.3. The van der Waals surface area contributed by atoms with Crippen molar-refractivity contribution in [2.24, 2.45) is 0 Å². The van der Waals surface area contributed by atoms with Crippen LogP contribution in [0.3, 0.4) is 0 Å². The van der Waals surface area contributed by atoms with Crippen LogP contribution in [0, 0.1) is 6.92 Å². The van der Waals surface area contributed by atoms with Crippen molar-refractivity contribution in [2.75, 3.05) is 26.3 Å². The van der Waals surface area contributed by atoms with Gasteiger partial charge in [-0.15, -0.1) is 0 Å². The maximum Gasteiger partial charge on any atom is 0.247 e. The van der Waals surface area contributed by atoms with Gasteiger partial charge in [0.2, 0.25) is 10.0 Å². The Kier molecular flexibility index (Phi) is 7.64. The van der Waals surface area contributed by atoms with Gasteiger partial charge in [-0.3, -0.25) is 0 Å². The normalized spacial score (nSPS) is 15.1. The van der Waals surface area contributed by atoms with Gasteiger partial charge in [-0.2, -0.15) is 4.31 Å². The number of ether oxygens (including phenoxy) is 1. The number of rotatable bonds is 8. The molecule has 174 valence electrons. The number of morpholine rings is 1. The standard InChI is InChI=1S/C25H33NO5S/c1-5-6-7-8-19-16-22(27)23(21-15-18(4)9-10-20(21)17(2)3)24(28)25(19)32(29,30)26-11-13-31-14-12-26/h9-10,15-16,27-28H,2,5-8,11-14H2,1,3-4H3. The average molecular weight is 460 g/mol. The van der Waals surface area contributed by atoms with Crippen molar-refractivity contribution in [3.05, 3.63) is 47.5 Å². The molecule has 7 heteroatoms. The topological polar surface area (TPSA) is 87.1 Å². The lowest BCUT2D eigenvalue weighted by atomic mass is 9.91. The molecule has 1 saturated heterocycles.